The van der Waals surface area contributed by atoms with Crippen molar-refractivity contribution in [3.8, 4) is 0 Å². The van der Waals surface area contributed by atoms with E-state index in [0.29, 0.717) is 6.42 Å². The molecule has 0 radical (unpaired) electrons. The molecule has 138 valence electrons. The molecule has 2 aromatic carbocycles. The van der Waals surface area contributed by atoms with E-state index in [4.69, 9.17) is 0 Å². The van der Waals surface area contributed by atoms with Crippen LogP contribution in [0, 0.1) is 5.41 Å². The number of allylic oxidation sites excluding steroid dienone is 1. The number of hydrogen-bond acceptors (Lipinski definition) is 3. The minimum atomic E-state index is -0.208. The Labute approximate surface area is 168 Å². The Morgan fingerprint density at radius 3 is 2.44 bits per heavy atom. The number of rotatable bonds is 2. The van der Waals surface area contributed by atoms with Crippen LogP contribution < -0.4 is 10.6 Å². The van der Waals surface area contributed by atoms with E-state index in [1.54, 1.807) is 0 Å². The van der Waals surface area contributed by atoms with E-state index in [1.807, 2.05) is 36.4 Å². The molecule has 2 aromatic rings. The number of hydrogen-bond donors (Lipinski definition) is 2. The Kier molecular flexibility index (Phi) is 4.68. The molecule has 2 N–H and O–H groups in total. The van der Waals surface area contributed by atoms with E-state index in [1.165, 1.54) is 0 Å². The number of para-hydroxylation sites is 2. The molecule has 1 aliphatic heterocycles. The summed E-state index contributed by atoms with van der Waals surface area (Å²) in [5.41, 5.74) is 4.94. The van der Waals surface area contributed by atoms with Crippen molar-refractivity contribution in [2.75, 3.05) is 10.6 Å². The number of halogens is 1. The predicted molar refractivity (Wildman–Crippen MR) is 116 cm³/mol. The molecule has 0 fully saturated rings. The normalized spacial score (nSPS) is 21.5. The van der Waals surface area contributed by atoms with Gasteiger partial charge in [-0.25, -0.2) is 0 Å². The van der Waals surface area contributed by atoms with Crippen LogP contribution in [0.5, 0.6) is 0 Å². The SMILES string of the molecule is CC1(C)CC(=O)C2=C(C1)Nc1ccccc1NC2/C(Br)=C\c1ccccc1. The monoisotopic (exact) mass is 422 g/mol. The molecule has 1 aliphatic carbocycles. The highest BCUT2D eigenvalue weighted by atomic mass is 79.9. The van der Waals surface area contributed by atoms with Gasteiger partial charge in [-0.3, -0.25) is 4.79 Å². The molecule has 4 rings (SSSR count). The summed E-state index contributed by atoms with van der Waals surface area (Å²) in [7, 11) is 0. The summed E-state index contributed by atoms with van der Waals surface area (Å²) < 4.78 is 0.952. The van der Waals surface area contributed by atoms with E-state index < -0.39 is 0 Å². The van der Waals surface area contributed by atoms with Crippen LogP contribution in [0.3, 0.4) is 0 Å². The van der Waals surface area contributed by atoms with Crippen LogP contribution in [0.2, 0.25) is 0 Å². The Balaban J connectivity index is 1.83. The number of carbonyl (C=O) groups is 1. The van der Waals surface area contributed by atoms with Crippen LogP contribution in [0.1, 0.15) is 32.3 Å². The zero-order valence-corrected chi connectivity index (χ0v) is 17.1. The van der Waals surface area contributed by atoms with Gasteiger partial charge in [0.1, 0.15) is 0 Å². The van der Waals surface area contributed by atoms with Gasteiger partial charge in [-0.15, -0.1) is 0 Å². The van der Waals surface area contributed by atoms with Crippen LogP contribution in [0.25, 0.3) is 6.08 Å². The lowest BCUT2D eigenvalue weighted by Crippen LogP contribution is -2.35. The fourth-order valence-electron chi connectivity index (χ4n) is 3.89. The number of fused-ring (bicyclic) bond motifs is 1. The molecule has 2 aliphatic rings. The molecule has 0 bridgehead atoms. The number of nitrogens with one attached hydrogen (secondary N) is 2. The van der Waals surface area contributed by atoms with Gasteiger partial charge in [-0.1, -0.05) is 72.2 Å². The zero-order valence-electron chi connectivity index (χ0n) is 15.6. The van der Waals surface area contributed by atoms with Crippen LogP contribution >= 0.6 is 15.9 Å². The molecule has 3 nitrogen and oxygen atoms in total. The topological polar surface area (TPSA) is 41.1 Å². The highest BCUT2D eigenvalue weighted by Crippen LogP contribution is 2.43. The molecular formula is C23H23BrN2O. The molecule has 0 aromatic heterocycles. The van der Waals surface area contributed by atoms with Gasteiger partial charge in [-0.2, -0.15) is 0 Å². The Bertz CT molecular complexity index is 944. The fourth-order valence-corrected chi connectivity index (χ4v) is 4.50. The molecule has 1 atom stereocenters. The molecule has 27 heavy (non-hydrogen) atoms. The molecule has 1 unspecified atom stereocenters. The maximum absolute atomic E-state index is 13.1. The number of anilines is 2. The van der Waals surface area contributed by atoms with Gasteiger partial charge in [0.25, 0.3) is 0 Å². The van der Waals surface area contributed by atoms with Crippen LogP contribution in [-0.4, -0.2) is 11.8 Å². The Morgan fingerprint density at radius 2 is 1.70 bits per heavy atom. The lowest BCUT2D eigenvalue weighted by Gasteiger charge is -2.34. The van der Waals surface area contributed by atoms with E-state index in [2.05, 4.69) is 64.7 Å². The molecule has 0 amide bonds. The maximum Gasteiger partial charge on any atom is 0.163 e. The summed E-state index contributed by atoms with van der Waals surface area (Å²) >= 11 is 3.77. The third-order valence-electron chi connectivity index (χ3n) is 5.10. The van der Waals surface area contributed by atoms with Gasteiger partial charge in [0, 0.05) is 22.2 Å². The Morgan fingerprint density at radius 1 is 1.04 bits per heavy atom. The summed E-state index contributed by atoms with van der Waals surface area (Å²) in [6.07, 6.45) is 3.50. The second kappa shape index (κ2) is 7.01. The summed E-state index contributed by atoms with van der Waals surface area (Å²) in [4.78, 5) is 13.1. The summed E-state index contributed by atoms with van der Waals surface area (Å²) in [6, 6.07) is 18.1. The van der Waals surface area contributed by atoms with Gasteiger partial charge in [0.2, 0.25) is 0 Å². The van der Waals surface area contributed by atoms with Crippen molar-refractivity contribution in [2.45, 2.75) is 32.7 Å². The van der Waals surface area contributed by atoms with Crippen molar-refractivity contribution in [1.82, 2.24) is 0 Å². The van der Waals surface area contributed by atoms with Gasteiger partial charge < -0.3 is 10.6 Å². The highest BCUT2D eigenvalue weighted by Gasteiger charge is 2.38. The second-order valence-electron chi connectivity index (χ2n) is 8.02. The van der Waals surface area contributed by atoms with E-state index in [0.717, 1.165) is 39.1 Å². The number of ketones is 1. The van der Waals surface area contributed by atoms with E-state index in [-0.39, 0.29) is 17.2 Å². The quantitative estimate of drug-likeness (QED) is 0.625. The van der Waals surface area contributed by atoms with E-state index in [9.17, 15) is 4.79 Å². The van der Waals surface area contributed by atoms with Crippen molar-refractivity contribution in [3.05, 3.63) is 75.9 Å². The third-order valence-corrected chi connectivity index (χ3v) is 5.79. The van der Waals surface area contributed by atoms with Crippen molar-refractivity contribution in [1.29, 1.82) is 0 Å². The van der Waals surface area contributed by atoms with Crippen molar-refractivity contribution in [3.63, 3.8) is 0 Å². The average molecular weight is 423 g/mol. The average Bonchev–Trinajstić information content (AvgIpc) is 2.78. The summed E-state index contributed by atoms with van der Waals surface area (Å²) in [5.74, 6) is 0.206. The van der Waals surface area contributed by atoms with Crippen molar-refractivity contribution >= 4 is 39.2 Å². The first-order valence-corrected chi connectivity index (χ1v) is 10.0. The smallest absolute Gasteiger partial charge is 0.163 e. The van der Waals surface area contributed by atoms with Gasteiger partial charge >= 0.3 is 0 Å². The van der Waals surface area contributed by atoms with Crippen molar-refractivity contribution < 1.29 is 4.79 Å². The first-order valence-electron chi connectivity index (χ1n) is 9.24. The first kappa shape index (κ1) is 18.1. The highest BCUT2D eigenvalue weighted by molar-refractivity contribution is 9.11. The summed E-state index contributed by atoms with van der Waals surface area (Å²) in [6.45, 7) is 4.31. The van der Waals surface area contributed by atoms with Gasteiger partial charge in [0.05, 0.1) is 17.4 Å². The largest absolute Gasteiger partial charge is 0.372 e. The third kappa shape index (κ3) is 3.72. The predicted octanol–water partition coefficient (Wildman–Crippen LogP) is 5.97. The lowest BCUT2D eigenvalue weighted by atomic mass is 9.74. The first-order chi connectivity index (χ1) is 12.9. The standard InChI is InChI=1S/C23H23BrN2O/c1-23(2)13-19-21(20(27)14-23)22(16(24)12-15-8-4-3-5-9-15)26-18-11-7-6-10-17(18)25-19/h3-12,22,25-26H,13-14H2,1-2H3/b16-12+. The molecule has 0 saturated heterocycles. The molecule has 0 saturated carbocycles. The van der Waals surface area contributed by atoms with Crippen molar-refractivity contribution in [2.24, 2.45) is 5.41 Å². The van der Waals surface area contributed by atoms with Crippen LogP contribution in [0.15, 0.2) is 70.3 Å². The summed E-state index contributed by atoms with van der Waals surface area (Å²) in [5, 5.41) is 7.12. The molecular weight excluding hydrogens is 400 g/mol. The minimum absolute atomic E-state index is 0.0393. The maximum atomic E-state index is 13.1. The van der Waals surface area contributed by atoms with Gasteiger partial charge in [-0.05, 0) is 35.6 Å². The molecule has 0 spiro atoms. The zero-order chi connectivity index (χ0) is 19.0. The van der Waals surface area contributed by atoms with Crippen LogP contribution in [0.4, 0.5) is 11.4 Å². The fraction of sp³-hybridized carbons (Fsp3) is 0.261. The van der Waals surface area contributed by atoms with Gasteiger partial charge in [0.15, 0.2) is 5.78 Å². The lowest BCUT2D eigenvalue weighted by molar-refractivity contribution is -0.118. The van der Waals surface area contributed by atoms with Crippen LogP contribution in [-0.2, 0) is 4.79 Å². The van der Waals surface area contributed by atoms with E-state index >= 15 is 0 Å². The molecule has 4 heteroatoms. The number of benzene rings is 2. The minimum Gasteiger partial charge on any atom is -0.372 e. The number of Topliss-reactive ketones (excluding diaryl/α,β-unsaturated/α-hetero) is 1. The Hall–Kier alpha value is -2.33. The number of carbonyl (C=O) groups excluding carboxylic acids is 1. The second-order valence-corrected chi connectivity index (χ2v) is 8.94. The molecule has 1 heterocycles.